The summed E-state index contributed by atoms with van der Waals surface area (Å²) in [4.78, 5) is 14.4. The van der Waals surface area contributed by atoms with Gasteiger partial charge in [0.1, 0.15) is 11.6 Å². The molecule has 1 aliphatic heterocycles. The second kappa shape index (κ2) is 8.50. The summed E-state index contributed by atoms with van der Waals surface area (Å²) < 4.78 is 18.2. The molecular formula is C17H20FN5O2. The third kappa shape index (κ3) is 5.20. The van der Waals surface area contributed by atoms with Crippen molar-refractivity contribution in [2.24, 2.45) is 0 Å². The van der Waals surface area contributed by atoms with Crippen molar-refractivity contribution >= 4 is 17.4 Å². The van der Waals surface area contributed by atoms with Crippen molar-refractivity contribution < 1.29 is 13.9 Å². The highest BCUT2D eigenvalue weighted by atomic mass is 19.1. The van der Waals surface area contributed by atoms with Crippen LogP contribution in [0, 0.1) is 5.82 Å². The van der Waals surface area contributed by atoms with Crippen molar-refractivity contribution in [3.8, 4) is 0 Å². The topological polar surface area (TPSA) is 79.4 Å². The van der Waals surface area contributed by atoms with Crippen LogP contribution < -0.4 is 10.6 Å². The van der Waals surface area contributed by atoms with Crippen LogP contribution in [0.5, 0.6) is 0 Å². The van der Waals surface area contributed by atoms with E-state index in [4.69, 9.17) is 4.74 Å². The number of rotatable bonds is 6. The first kappa shape index (κ1) is 17.2. The Morgan fingerprint density at radius 2 is 1.88 bits per heavy atom. The molecule has 7 nitrogen and oxygen atoms in total. The van der Waals surface area contributed by atoms with Gasteiger partial charge in [0.05, 0.1) is 13.2 Å². The second-order valence-electron chi connectivity index (χ2n) is 5.65. The molecule has 8 heteroatoms. The summed E-state index contributed by atoms with van der Waals surface area (Å²) in [5, 5.41) is 13.8. The Labute approximate surface area is 145 Å². The molecule has 132 valence electrons. The van der Waals surface area contributed by atoms with E-state index >= 15 is 0 Å². The fraction of sp³-hybridized carbons (Fsp3) is 0.353. The number of nitrogens with one attached hydrogen (secondary N) is 2. The summed E-state index contributed by atoms with van der Waals surface area (Å²) in [5.74, 6) is -0.129. The maximum absolute atomic E-state index is 12.9. The molecule has 0 spiro atoms. The third-order valence-electron chi connectivity index (χ3n) is 3.84. The molecule has 1 amide bonds. The van der Waals surface area contributed by atoms with E-state index in [1.807, 2.05) is 0 Å². The Morgan fingerprint density at radius 3 is 2.56 bits per heavy atom. The lowest BCUT2D eigenvalue weighted by molar-refractivity contribution is 0.0398. The van der Waals surface area contributed by atoms with Gasteiger partial charge in [0.25, 0.3) is 5.91 Å². The van der Waals surface area contributed by atoms with Crippen molar-refractivity contribution in [2.75, 3.05) is 50.0 Å². The standard InChI is InChI=1S/C17H20FN5O2/c18-13-1-3-14(4-2-13)20-17(24)15-5-6-16(22-21-15)19-7-8-23-9-11-25-12-10-23/h1-6H,7-12H2,(H,19,22)(H,20,24). The van der Waals surface area contributed by atoms with E-state index in [0.717, 1.165) is 39.4 Å². The van der Waals surface area contributed by atoms with Crippen LogP contribution in [0.1, 0.15) is 10.5 Å². The minimum absolute atomic E-state index is 0.197. The Kier molecular flexibility index (Phi) is 5.86. The number of morpholine rings is 1. The number of nitrogens with zero attached hydrogens (tertiary/aromatic N) is 3. The maximum Gasteiger partial charge on any atom is 0.276 e. The Bertz CT molecular complexity index is 687. The first-order chi connectivity index (χ1) is 12.2. The summed E-state index contributed by atoms with van der Waals surface area (Å²) in [6.45, 7) is 5.08. The molecule has 0 bridgehead atoms. The molecule has 0 aliphatic carbocycles. The lowest BCUT2D eigenvalue weighted by atomic mass is 10.3. The van der Waals surface area contributed by atoms with Gasteiger partial charge in [-0.3, -0.25) is 9.69 Å². The van der Waals surface area contributed by atoms with Gasteiger partial charge in [-0.15, -0.1) is 10.2 Å². The zero-order valence-electron chi connectivity index (χ0n) is 13.7. The summed E-state index contributed by atoms with van der Waals surface area (Å²) in [5.41, 5.74) is 0.698. The van der Waals surface area contributed by atoms with E-state index in [9.17, 15) is 9.18 Å². The van der Waals surface area contributed by atoms with Crippen LogP contribution in [-0.4, -0.2) is 60.4 Å². The number of anilines is 2. The van der Waals surface area contributed by atoms with Crippen LogP contribution in [0.25, 0.3) is 0 Å². The number of carbonyl (C=O) groups is 1. The lowest BCUT2D eigenvalue weighted by Crippen LogP contribution is -2.39. The van der Waals surface area contributed by atoms with E-state index in [-0.39, 0.29) is 17.4 Å². The van der Waals surface area contributed by atoms with Crippen LogP contribution in [-0.2, 0) is 4.74 Å². The molecule has 1 saturated heterocycles. The molecule has 2 aromatic rings. The molecule has 2 heterocycles. The van der Waals surface area contributed by atoms with E-state index in [0.29, 0.717) is 11.5 Å². The second-order valence-corrected chi connectivity index (χ2v) is 5.65. The van der Waals surface area contributed by atoms with Gasteiger partial charge in [0.2, 0.25) is 0 Å². The van der Waals surface area contributed by atoms with Gasteiger partial charge in [0, 0.05) is 31.9 Å². The molecule has 3 rings (SSSR count). The average molecular weight is 345 g/mol. The normalized spacial score (nSPS) is 14.9. The summed E-state index contributed by atoms with van der Waals surface area (Å²) in [7, 11) is 0. The molecule has 1 aromatic carbocycles. The molecule has 0 radical (unpaired) electrons. The number of hydrogen-bond acceptors (Lipinski definition) is 6. The lowest BCUT2D eigenvalue weighted by Gasteiger charge is -2.26. The molecule has 1 fully saturated rings. The maximum atomic E-state index is 12.9. The fourth-order valence-corrected chi connectivity index (χ4v) is 2.44. The summed E-state index contributed by atoms with van der Waals surface area (Å²) >= 11 is 0. The minimum atomic E-state index is -0.390. The highest BCUT2D eigenvalue weighted by molar-refractivity contribution is 6.02. The van der Waals surface area contributed by atoms with E-state index in [1.54, 1.807) is 12.1 Å². The molecule has 0 unspecified atom stereocenters. The van der Waals surface area contributed by atoms with E-state index < -0.39 is 0 Å². The highest BCUT2D eigenvalue weighted by Crippen LogP contribution is 2.10. The van der Waals surface area contributed by atoms with Gasteiger partial charge in [-0.25, -0.2) is 4.39 Å². The third-order valence-corrected chi connectivity index (χ3v) is 3.84. The van der Waals surface area contributed by atoms with E-state index in [1.165, 1.54) is 24.3 Å². The van der Waals surface area contributed by atoms with Crippen LogP contribution >= 0.6 is 0 Å². The van der Waals surface area contributed by atoms with E-state index in [2.05, 4.69) is 25.7 Å². The molecule has 1 aromatic heterocycles. The van der Waals surface area contributed by atoms with Gasteiger partial charge in [-0.1, -0.05) is 0 Å². The molecule has 2 N–H and O–H groups in total. The van der Waals surface area contributed by atoms with Gasteiger partial charge >= 0.3 is 0 Å². The van der Waals surface area contributed by atoms with Gasteiger partial charge in [-0.05, 0) is 36.4 Å². The van der Waals surface area contributed by atoms with Crippen LogP contribution in [0.4, 0.5) is 15.9 Å². The predicted octanol–water partition coefficient (Wildman–Crippen LogP) is 1.61. The molecule has 1 aliphatic rings. The Morgan fingerprint density at radius 1 is 1.12 bits per heavy atom. The molecular weight excluding hydrogens is 325 g/mol. The smallest absolute Gasteiger partial charge is 0.276 e. The fourth-order valence-electron chi connectivity index (χ4n) is 2.44. The van der Waals surface area contributed by atoms with Crippen LogP contribution in [0.3, 0.4) is 0 Å². The van der Waals surface area contributed by atoms with Crippen LogP contribution in [0.15, 0.2) is 36.4 Å². The summed E-state index contributed by atoms with van der Waals surface area (Å²) in [6, 6.07) is 8.85. The zero-order chi connectivity index (χ0) is 17.5. The highest BCUT2D eigenvalue weighted by Gasteiger charge is 2.11. The van der Waals surface area contributed by atoms with Crippen molar-refractivity contribution in [2.45, 2.75) is 0 Å². The number of hydrogen-bond donors (Lipinski definition) is 2. The average Bonchev–Trinajstić information content (AvgIpc) is 2.65. The molecule has 25 heavy (non-hydrogen) atoms. The number of amides is 1. The minimum Gasteiger partial charge on any atom is -0.379 e. The number of aromatic nitrogens is 2. The quantitative estimate of drug-likeness (QED) is 0.828. The first-order valence-electron chi connectivity index (χ1n) is 8.15. The largest absolute Gasteiger partial charge is 0.379 e. The SMILES string of the molecule is O=C(Nc1ccc(F)cc1)c1ccc(NCCN2CCOCC2)nn1. The van der Waals surface area contributed by atoms with Crippen molar-refractivity contribution in [3.05, 3.63) is 47.9 Å². The van der Waals surface area contributed by atoms with Gasteiger partial charge < -0.3 is 15.4 Å². The molecule has 0 saturated carbocycles. The van der Waals surface area contributed by atoms with Crippen molar-refractivity contribution in [1.82, 2.24) is 15.1 Å². The monoisotopic (exact) mass is 345 g/mol. The van der Waals surface area contributed by atoms with Gasteiger partial charge in [-0.2, -0.15) is 0 Å². The predicted molar refractivity (Wildman–Crippen MR) is 92.1 cm³/mol. The first-order valence-corrected chi connectivity index (χ1v) is 8.15. The summed E-state index contributed by atoms with van der Waals surface area (Å²) in [6.07, 6.45) is 0. The van der Waals surface area contributed by atoms with Gasteiger partial charge in [0.15, 0.2) is 5.69 Å². The number of carbonyl (C=O) groups excluding carboxylic acids is 1. The van der Waals surface area contributed by atoms with Crippen molar-refractivity contribution in [3.63, 3.8) is 0 Å². The molecule has 0 atom stereocenters. The number of ether oxygens (including phenoxy) is 1. The Balaban J connectivity index is 1.47. The van der Waals surface area contributed by atoms with Crippen LogP contribution in [0.2, 0.25) is 0 Å². The number of benzene rings is 1. The van der Waals surface area contributed by atoms with Crippen molar-refractivity contribution in [1.29, 1.82) is 0 Å². The number of halogens is 1. The Hall–Kier alpha value is -2.58. The zero-order valence-corrected chi connectivity index (χ0v) is 13.7.